The number of benzene rings is 1. The normalized spacial score (nSPS) is 36.9. The van der Waals surface area contributed by atoms with Crippen molar-refractivity contribution in [2.24, 2.45) is 17.8 Å². The Hall–Kier alpha value is -1.12. The summed E-state index contributed by atoms with van der Waals surface area (Å²) in [6, 6.07) is 8.90. The molecule has 1 aromatic carbocycles. The zero-order valence-corrected chi connectivity index (χ0v) is 13.9. The molecule has 2 nitrogen and oxygen atoms in total. The predicted octanol–water partition coefficient (Wildman–Crippen LogP) is 0.491. The molecule has 1 saturated heterocycles. The van der Waals surface area contributed by atoms with Gasteiger partial charge in [-0.2, -0.15) is 0 Å². The molecule has 22 heavy (non-hydrogen) atoms. The molecule has 0 radical (unpaired) electrons. The van der Waals surface area contributed by atoms with Crippen LogP contribution >= 0.6 is 0 Å². The van der Waals surface area contributed by atoms with Crippen molar-refractivity contribution < 1.29 is 9.80 Å². The van der Waals surface area contributed by atoms with E-state index in [1.165, 1.54) is 57.7 Å². The third-order valence-electron chi connectivity index (χ3n) is 6.33. The Labute approximate surface area is 134 Å². The summed E-state index contributed by atoms with van der Waals surface area (Å²) in [7, 11) is 0. The Morgan fingerprint density at radius 3 is 2.41 bits per heavy atom. The molecular formula is C20H30N2+2. The van der Waals surface area contributed by atoms with Crippen molar-refractivity contribution in [3.8, 4) is 0 Å². The molecule has 1 aliphatic heterocycles. The SMILES string of the molecule is Cc1ccccc1C[NH+]1CC[NH+](C[C@@H]2C[C@@H]3C=C[C@H]2C3)CC1. The minimum Gasteiger partial charge on any atom is -0.325 e. The highest BCUT2D eigenvalue weighted by molar-refractivity contribution is 5.24. The van der Waals surface area contributed by atoms with Gasteiger partial charge in [0.05, 0.1) is 6.54 Å². The Morgan fingerprint density at radius 2 is 1.73 bits per heavy atom. The van der Waals surface area contributed by atoms with Crippen LogP contribution in [-0.2, 0) is 6.54 Å². The molecule has 3 aliphatic rings. The highest BCUT2D eigenvalue weighted by Gasteiger charge is 2.38. The van der Waals surface area contributed by atoms with E-state index in [0.717, 1.165) is 17.8 Å². The van der Waals surface area contributed by atoms with Crippen molar-refractivity contribution in [1.82, 2.24) is 0 Å². The van der Waals surface area contributed by atoms with E-state index in [1.54, 1.807) is 10.5 Å². The van der Waals surface area contributed by atoms with Crippen molar-refractivity contribution in [2.75, 3.05) is 32.7 Å². The van der Waals surface area contributed by atoms with Crippen LogP contribution in [0.5, 0.6) is 0 Å². The average Bonchev–Trinajstić information content (AvgIpc) is 3.14. The largest absolute Gasteiger partial charge is 0.325 e. The van der Waals surface area contributed by atoms with E-state index in [-0.39, 0.29) is 0 Å². The van der Waals surface area contributed by atoms with E-state index in [2.05, 4.69) is 43.3 Å². The molecule has 2 N–H and O–H groups in total. The molecule has 1 saturated carbocycles. The average molecular weight is 298 g/mol. The molecule has 2 bridgehead atoms. The standard InChI is InChI=1S/C20H28N2/c1-16-4-2-3-5-19(16)14-21-8-10-22(11-9-21)15-20-13-17-6-7-18(20)12-17/h2-7,17-18,20H,8-15H2,1H3/p+2/t17-,18+,20+/m1/s1. The number of allylic oxidation sites excluding steroid dienone is 2. The summed E-state index contributed by atoms with van der Waals surface area (Å²) in [6.07, 6.45) is 7.92. The quantitative estimate of drug-likeness (QED) is 0.749. The number of hydrogen-bond acceptors (Lipinski definition) is 0. The summed E-state index contributed by atoms with van der Waals surface area (Å²) >= 11 is 0. The van der Waals surface area contributed by atoms with Crippen LogP contribution in [0.25, 0.3) is 0 Å². The van der Waals surface area contributed by atoms with Crippen LogP contribution in [0.3, 0.4) is 0 Å². The van der Waals surface area contributed by atoms with E-state index >= 15 is 0 Å². The lowest BCUT2D eigenvalue weighted by molar-refractivity contribution is -1.02. The van der Waals surface area contributed by atoms with Crippen LogP contribution < -0.4 is 9.80 Å². The van der Waals surface area contributed by atoms with E-state index < -0.39 is 0 Å². The maximum Gasteiger partial charge on any atom is 0.127 e. The van der Waals surface area contributed by atoms with Gasteiger partial charge < -0.3 is 9.80 Å². The second kappa shape index (κ2) is 6.17. The molecule has 0 unspecified atom stereocenters. The minimum atomic E-state index is 0.926. The molecule has 1 heterocycles. The summed E-state index contributed by atoms with van der Waals surface area (Å²) in [4.78, 5) is 3.66. The van der Waals surface area contributed by atoms with Gasteiger partial charge in [0.1, 0.15) is 32.7 Å². The van der Waals surface area contributed by atoms with Gasteiger partial charge in [0, 0.05) is 11.5 Å². The maximum atomic E-state index is 2.51. The van der Waals surface area contributed by atoms with Crippen molar-refractivity contribution >= 4 is 0 Å². The monoisotopic (exact) mass is 298 g/mol. The first kappa shape index (κ1) is 14.5. The Balaban J connectivity index is 1.26. The fraction of sp³-hybridized carbons (Fsp3) is 0.600. The lowest BCUT2D eigenvalue weighted by atomic mass is 9.93. The van der Waals surface area contributed by atoms with Crippen LogP contribution in [0.2, 0.25) is 0 Å². The fourth-order valence-corrected chi connectivity index (χ4v) is 4.92. The van der Waals surface area contributed by atoms with Gasteiger partial charge >= 0.3 is 0 Å². The number of rotatable bonds is 4. The number of aryl methyl sites for hydroxylation is 1. The molecule has 3 atom stereocenters. The highest BCUT2D eigenvalue weighted by atomic mass is 15.3. The Bertz CT molecular complexity index is 542. The number of quaternary nitrogens is 2. The van der Waals surface area contributed by atoms with Crippen molar-refractivity contribution in [1.29, 1.82) is 0 Å². The van der Waals surface area contributed by atoms with Gasteiger partial charge in [-0.25, -0.2) is 0 Å². The third-order valence-corrected chi connectivity index (χ3v) is 6.33. The maximum absolute atomic E-state index is 2.51. The Kier molecular flexibility index (Phi) is 4.06. The van der Waals surface area contributed by atoms with Gasteiger partial charge in [-0.3, -0.25) is 0 Å². The molecule has 0 amide bonds. The number of nitrogens with one attached hydrogen (secondary N) is 2. The van der Waals surface area contributed by atoms with Crippen LogP contribution in [0.1, 0.15) is 24.0 Å². The molecule has 118 valence electrons. The summed E-state index contributed by atoms with van der Waals surface area (Å²) in [5.74, 6) is 2.85. The van der Waals surface area contributed by atoms with Crippen molar-refractivity contribution in [3.05, 3.63) is 47.5 Å². The lowest BCUT2D eigenvalue weighted by Gasteiger charge is -2.32. The van der Waals surface area contributed by atoms with Gasteiger partial charge in [-0.15, -0.1) is 0 Å². The first-order valence-corrected chi connectivity index (χ1v) is 9.18. The van der Waals surface area contributed by atoms with Gasteiger partial charge in [-0.05, 0) is 37.2 Å². The molecule has 2 fully saturated rings. The second-order valence-electron chi connectivity index (χ2n) is 7.85. The minimum absolute atomic E-state index is 0.926. The number of fused-ring (bicyclic) bond motifs is 2. The topological polar surface area (TPSA) is 8.88 Å². The fourth-order valence-electron chi connectivity index (χ4n) is 4.92. The summed E-state index contributed by atoms with van der Waals surface area (Å²) in [5, 5.41) is 0. The van der Waals surface area contributed by atoms with Gasteiger partial charge in [0.15, 0.2) is 0 Å². The molecule has 4 rings (SSSR count). The lowest BCUT2D eigenvalue weighted by Crippen LogP contribution is -3.27. The molecule has 2 aliphatic carbocycles. The summed E-state index contributed by atoms with van der Waals surface area (Å²) in [6.45, 7) is 10.3. The van der Waals surface area contributed by atoms with E-state index in [4.69, 9.17) is 0 Å². The van der Waals surface area contributed by atoms with Crippen LogP contribution in [0.15, 0.2) is 36.4 Å². The first-order chi connectivity index (χ1) is 10.8. The van der Waals surface area contributed by atoms with E-state index in [0.29, 0.717) is 0 Å². The summed E-state index contributed by atoms with van der Waals surface area (Å²) in [5.41, 5.74) is 3.00. The second-order valence-corrected chi connectivity index (χ2v) is 7.85. The number of hydrogen-bond donors (Lipinski definition) is 2. The van der Waals surface area contributed by atoms with Crippen LogP contribution in [0.4, 0.5) is 0 Å². The molecule has 0 spiro atoms. The smallest absolute Gasteiger partial charge is 0.127 e. The number of piperazine rings is 1. The first-order valence-electron chi connectivity index (χ1n) is 9.18. The van der Waals surface area contributed by atoms with Crippen LogP contribution in [0, 0.1) is 24.7 Å². The van der Waals surface area contributed by atoms with Crippen molar-refractivity contribution in [3.63, 3.8) is 0 Å². The van der Waals surface area contributed by atoms with Crippen molar-refractivity contribution in [2.45, 2.75) is 26.3 Å². The predicted molar refractivity (Wildman–Crippen MR) is 90.0 cm³/mol. The zero-order chi connectivity index (χ0) is 14.9. The molecule has 0 aromatic heterocycles. The summed E-state index contributed by atoms with van der Waals surface area (Å²) < 4.78 is 0. The third kappa shape index (κ3) is 3.00. The van der Waals surface area contributed by atoms with E-state index in [1.807, 2.05) is 4.90 Å². The van der Waals surface area contributed by atoms with Gasteiger partial charge in [0.2, 0.25) is 0 Å². The van der Waals surface area contributed by atoms with Gasteiger partial charge in [-0.1, -0.05) is 36.4 Å². The zero-order valence-electron chi connectivity index (χ0n) is 13.9. The molecular weight excluding hydrogens is 268 g/mol. The van der Waals surface area contributed by atoms with Gasteiger partial charge in [0.25, 0.3) is 0 Å². The Morgan fingerprint density at radius 1 is 0.955 bits per heavy atom. The molecule has 2 heteroatoms. The highest BCUT2D eigenvalue weighted by Crippen LogP contribution is 2.42. The van der Waals surface area contributed by atoms with Crippen LogP contribution in [-0.4, -0.2) is 32.7 Å². The molecule has 1 aromatic rings. The van der Waals surface area contributed by atoms with E-state index in [9.17, 15) is 0 Å².